The maximum absolute atomic E-state index is 5.99. The molecule has 0 aliphatic rings. The average Bonchev–Trinajstić information content (AvgIpc) is 2.47. The molecule has 0 saturated heterocycles. The Morgan fingerprint density at radius 2 is 1.86 bits per heavy atom. The molecule has 0 atom stereocenters. The molecule has 0 spiro atoms. The molecule has 0 saturated carbocycles. The molecule has 0 radical (unpaired) electrons. The van der Waals surface area contributed by atoms with Crippen LogP contribution in [0, 0.1) is 0 Å². The quantitative estimate of drug-likeness (QED) is 0.769. The summed E-state index contributed by atoms with van der Waals surface area (Å²) in [4.78, 5) is 8.48. The minimum absolute atomic E-state index is 0.475. The minimum atomic E-state index is 0.475. The molecule has 5 nitrogen and oxygen atoms in total. The van der Waals surface area contributed by atoms with Crippen LogP contribution < -0.4 is 16.2 Å². The van der Waals surface area contributed by atoms with Crippen LogP contribution >= 0.6 is 0 Å². The molecule has 0 bridgehead atoms. The number of hydrogen-bond donors (Lipinski definition) is 2. The van der Waals surface area contributed by atoms with Gasteiger partial charge >= 0.3 is 0 Å². The van der Waals surface area contributed by atoms with Gasteiger partial charge in [-0.2, -0.15) is 0 Å². The van der Waals surface area contributed by atoms with Crippen LogP contribution in [0.5, 0.6) is 5.75 Å². The van der Waals surface area contributed by atoms with Crippen molar-refractivity contribution in [3.63, 3.8) is 0 Å². The molecular weight excluding hydrogens is 264 g/mol. The minimum Gasteiger partial charge on any atom is -0.497 e. The molecule has 2 heterocycles. The first-order chi connectivity index (χ1) is 10.2. The second-order valence-corrected chi connectivity index (χ2v) is 4.85. The van der Waals surface area contributed by atoms with Gasteiger partial charge in [-0.25, -0.2) is 9.97 Å². The highest BCUT2D eigenvalue weighted by atomic mass is 16.5. The smallest absolute Gasteiger partial charge is 0.133 e. The first-order valence-electron chi connectivity index (χ1n) is 6.59. The zero-order valence-corrected chi connectivity index (χ0v) is 11.7. The van der Waals surface area contributed by atoms with E-state index >= 15 is 0 Å². The number of aromatic nitrogens is 2. The Bertz CT molecular complexity index is 784. The number of hydrogen-bond acceptors (Lipinski definition) is 5. The number of fused-ring (bicyclic) bond motifs is 1. The molecular formula is C16H16N4O. The summed E-state index contributed by atoms with van der Waals surface area (Å²) in [6.07, 6.45) is 2.36. The van der Waals surface area contributed by atoms with Gasteiger partial charge in [0.1, 0.15) is 17.4 Å². The third-order valence-electron chi connectivity index (χ3n) is 3.36. The zero-order valence-electron chi connectivity index (χ0n) is 11.7. The zero-order chi connectivity index (χ0) is 14.8. The van der Waals surface area contributed by atoms with Gasteiger partial charge in [0.2, 0.25) is 0 Å². The van der Waals surface area contributed by atoms with Crippen LogP contribution in [0.4, 0.5) is 11.6 Å². The lowest BCUT2D eigenvalue weighted by Gasteiger charge is -2.07. The number of nitrogens with zero attached hydrogens (tertiary/aromatic N) is 2. The molecule has 3 rings (SSSR count). The highest BCUT2D eigenvalue weighted by molar-refractivity contribution is 5.91. The van der Waals surface area contributed by atoms with Crippen LogP contribution in [0.25, 0.3) is 10.8 Å². The van der Waals surface area contributed by atoms with E-state index in [1.807, 2.05) is 36.4 Å². The predicted octanol–water partition coefficient (Wildman–Crippen LogP) is 2.39. The Morgan fingerprint density at radius 3 is 2.57 bits per heavy atom. The second-order valence-electron chi connectivity index (χ2n) is 4.85. The van der Waals surface area contributed by atoms with Gasteiger partial charge in [0.05, 0.1) is 7.11 Å². The van der Waals surface area contributed by atoms with Gasteiger partial charge in [-0.3, -0.25) is 0 Å². The van der Waals surface area contributed by atoms with Crippen LogP contribution in [-0.2, 0) is 6.42 Å². The maximum atomic E-state index is 5.99. The van der Waals surface area contributed by atoms with E-state index in [0.717, 1.165) is 27.8 Å². The summed E-state index contributed by atoms with van der Waals surface area (Å²) >= 11 is 0. The van der Waals surface area contributed by atoms with Gasteiger partial charge in [0.15, 0.2) is 0 Å². The summed E-state index contributed by atoms with van der Waals surface area (Å²) in [5.41, 5.74) is 13.8. The van der Waals surface area contributed by atoms with Crippen LogP contribution in [0.15, 0.2) is 42.6 Å². The van der Waals surface area contributed by atoms with Gasteiger partial charge in [0, 0.05) is 23.7 Å². The van der Waals surface area contributed by atoms with E-state index in [4.69, 9.17) is 16.2 Å². The van der Waals surface area contributed by atoms with Crippen LogP contribution in [0.2, 0.25) is 0 Å². The van der Waals surface area contributed by atoms with Crippen molar-refractivity contribution in [3.05, 3.63) is 53.9 Å². The number of nitrogen functional groups attached to an aromatic ring is 2. The van der Waals surface area contributed by atoms with Crippen molar-refractivity contribution < 1.29 is 4.74 Å². The van der Waals surface area contributed by atoms with Gasteiger partial charge < -0.3 is 16.2 Å². The Kier molecular flexibility index (Phi) is 3.31. The van der Waals surface area contributed by atoms with E-state index < -0.39 is 0 Å². The second kappa shape index (κ2) is 5.28. The molecule has 106 valence electrons. The number of ether oxygens (including phenoxy) is 1. The number of pyridine rings is 2. The molecule has 3 aromatic rings. The van der Waals surface area contributed by atoms with E-state index in [2.05, 4.69) is 9.97 Å². The molecule has 0 aliphatic heterocycles. The predicted molar refractivity (Wildman–Crippen MR) is 84.2 cm³/mol. The SMILES string of the molecule is COc1ccc(Cc2cc3cc(N)ncc3c(N)n2)cc1. The van der Waals surface area contributed by atoms with Crippen LogP contribution in [-0.4, -0.2) is 17.1 Å². The monoisotopic (exact) mass is 280 g/mol. The Labute approximate surface area is 122 Å². The Hall–Kier alpha value is -2.82. The fourth-order valence-corrected chi connectivity index (χ4v) is 2.29. The van der Waals surface area contributed by atoms with E-state index in [1.165, 1.54) is 0 Å². The van der Waals surface area contributed by atoms with E-state index in [1.54, 1.807) is 13.3 Å². The van der Waals surface area contributed by atoms with Crippen LogP contribution in [0.1, 0.15) is 11.3 Å². The molecule has 0 fully saturated rings. The molecule has 0 unspecified atom stereocenters. The van der Waals surface area contributed by atoms with Crippen molar-refractivity contribution in [2.24, 2.45) is 0 Å². The highest BCUT2D eigenvalue weighted by Crippen LogP contribution is 2.23. The maximum Gasteiger partial charge on any atom is 0.133 e. The topological polar surface area (TPSA) is 87.0 Å². The Balaban J connectivity index is 1.96. The van der Waals surface area contributed by atoms with E-state index in [-0.39, 0.29) is 0 Å². The van der Waals surface area contributed by atoms with Crippen molar-refractivity contribution in [3.8, 4) is 5.75 Å². The van der Waals surface area contributed by atoms with Gasteiger partial charge in [0.25, 0.3) is 0 Å². The fraction of sp³-hybridized carbons (Fsp3) is 0.125. The van der Waals surface area contributed by atoms with Crippen LogP contribution in [0.3, 0.4) is 0 Å². The summed E-state index contributed by atoms with van der Waals surface area (Å²) in [5.74, 6) is 1.79. The summed E-state index contributed by atoms with van der Waals surface area (Å²) in [6.45, 7) is 0. The number of benzene rings is 1. The molecule has 2 aromatic heterocycles. The molecule has 0 amide bonds. The number of nitrogens with two attached hydrogens (primary N) is 2. The lowest BCUT2D eigenvalue weighted by molar-refractivity contribution is 0.414. The van der Waals surface area contributed by atoms with Gasteiger partial charge in [-0.15, -0.1) is 0 Å². The van der Waals surface area contributed by atoms with Crippen molar-refractivity contribution in [1.29, 1.82) is 0 Å². The van der Waals surface area contributed by atoms with E-state index in [9.17, 15) is 0 Å². The third-order valence-corrected chi connectivity index (χ3v) is 3.36. The Morgan fingerprint density at radius 1 is 1.10 bits per heavy atom. The van der Waals surface area contributed by atoms with E-state index in [0.29, 0.717) is 18.1 Å². The molecule has 4 N–H and O–H groups in total. The van der Waals surface area contributed by atoms with Gasteiger partial charge in [-0.1, -0.05) is 12.1 Å². The average molecular weight is 280 g/mol. The number of anilines is 2. The normalized spacial score (nSPS) is 10.7. The van der Waals surface area contributed by atoms with Crippen molar-refractivity contribution in [1.82, 2.24) is 9.97 Å². The summed E-state index contributed by atoms with van der Waals surface area (Å²) < 4.78 is 5.15. The fourth-order valence-electron chi connectivity index (χ4n) is 2.29. The highest BCUT2D eigenvalue weighted by Gasteiger charge is 2.06. The number of rotatable bonds is 3. The standard InChI is InChI=1S/C16H16N4O/c1-21-13-4-2-10(3-5-13)6-12-7-11-8-15(17)19-9-14(11)16(18)20-12/h2-5,7-9H,6H2,1H3,(H2,17,19)(H2,18,20). The molecule has 1 aromatic carbocycles. The largest absolute Gasteiger partial charge is 0.497 e. The first-order valence-corrected chi connectivity index (χ1v) is 6.59. The lowest BCUT2D eigenvalue weighted by Crippen LogP contribution is -2.00. The molecule has 0 aliphatic carbocycles. The lowest BCUT2D eigenvalue weighted by atomic mass is 10.1. The summed E-state index contributed by atoms with van der Waals surface area (Å²) in [7, 11) is 1.65. The summed E-state index contributed by atoms with van der Waals surface area (Å²) in [6, 6.07) is 11.7. The first kappa shape index (κ1) is 13.2. The summed E-state index contributed by atoms with van der Waals surface area (Å²) in [5, 5.41) is 1.78. The van der Waals surface area contributed by atoms with Crippen molar-refractivity contribution in [2.45, 2.75) is 6.42 Å². The number of methoxy groups -OCH3 is 1. The third kappa shape index (κ3) is 2.72. The van der Waals surface area contributed by atoms with Gasteiger partial charge in [-0.05, 0) is 35.2 Å². The van der Waals surface area contributed by atoms with Crippen molar-refractivity contribution >= 4 is 22.4 Å². The molecule has 21 heavy (non-hydrogen) atoms. The van der Waals surface area contributed by atoms with Crippen molar-refractivity contribution in [2.75, 3.05) is 18.6 Å². The molecule has 5 heteroatoms.